The summed E-state index contributed by atoms with van der Waals surface area (Å²) in [7, 11) is 0. The van der Waals surface area contributed by atoms with Gasteiger partial charge in [-0.2, -0.15) is 0 Å². The summed E-state index contributed by atoms with van der Waals surface area (Å²) in [5.41, 5.74) is 0.0480. The van der Waals surface area contributed by atoms with Crippen molar-refractivity contribution >= 4 is 0 Å². The van der Waals surface area contributed by atoms with Crippen molar-refractivity contribution in [2.75, 3.05) is 0 Å². The van der Waals surface area contributed by atoms with Crippen molar-refractivity contribution < 1.29 is 5.71 Å². The lowest BCUT2D eigenvalue weighted by Crippen LogP contribution is -2.37. The zero-order valence-corrected chi connectivity index (χ0v) is 10.3. The third-order valence-corrected chi connectivity index (χ3v) is 3.22. The average Bonchev–Trinajstić information content (AvgIpc) is 2.03. The summed E-state index contributed by atoms with van der Waals surface area (Å²) in [4.78, 5) is 0. The smallest absolute Gasteiger partial charge is 0.0393 e. The molecule has 14 heavy (non-hydrogen) atoms. The molecule has 0 saturated carbocycles. The predicted molar refractivity (Wildman–Crippen MR) is 72.0 cm³/mol. The molecule has 0 aromatic heterocycles. The van der Waals surface area contributed by atoms with E-state index in [0.717, 1.165) is 0 Å². The number of hydrogen-bond donors (Lipinski definition) is 0. The van der Waals surface area contributed by atoms with E-state index in [4.69, 9.17) is 6.42 Å². The number of hydrogen-bond acceptors (Lipinski definition) is 0. The van der Waals surface area contributed by atoms with Gasteiger partial charge in [0, 0.05) is 11.1 Å². The third kappa shape index (κ3) is 2.33. The van der Waals surface area contributed by atoms with Crippen LogP contribution in [0, 0.1) is 47.4 Å². The van der Waals surface area contributed by atoms with Gasteiger partial charge in [0.05, 0.1) is 0 Å². The minimum absolute atomic E-state index is 0. The second-order valence-electron chi connectivity index (χ2n) is 4.79. The van der Waals surface area contributed by atoms with Crippen LogP contribution < -0.4 is 0 Å². The molecule has 0 heteroatoms. The molecule has 0 fully saturated rings. The van der Waals surface area contributed by atoms with E-state index in [-0.39, 0.29) is 11.1 Å². The Morgan fingerprint density at radius 1 is 0.929 bits per heavy atom. The minimum Gasteiger partial charge on any atom is -0.106 e. The van der Waals surface area contributed by atoms with Gasteiger partial charge in [-0.05, 0) is 29.6 Å². The van der Waals surface area contributed by atoms with E-state index in [1.807, 2.05) is 0 Å². The van der Waals surface area contributed by atoms with Crippen LogP contribution in [0.1, 0.15) is 47.2 Å². The lowest BCUT2D eigenvalue weighted by molar-refractivity contribution is 0.123. The summed E-state index contributed by atoms with van der Waals surface area (Å²) >= 11 is 0. The van der Waals surface area contributed by atoms with Crippen LogP contribution in [0.3, 0.4) is 0 Å². The van der Waals surface area contributed by atoms with E-state index >= 15 is 0 Å². The number of rotatable bonds is 3. The van der Waals surface area contributed by atoms with Crippen LogP contribution in [0.2, 0.25) is 0 Å². The van der Waals surface area contributed by atoms with Crippen molar-refractivity contribution in [3.63, 3.8) is 0 Å². The highest BCUT2D eigenvalue weighted by Gasteiger charge is 2.38. The fraction of sp³-hybridized carbons (Fsp3) is 0.714. The first-order valence-corrected chi connectivity index (χ1v) is 5.37. The Hall–Kier alpha value is -0.880. The van der Waals surface area contributed by atoms with Crippen LogP contribution in [0.25, 0.3) is 0 Å². The maximum atomic E-state index is 5.21. The second-order valence-corrected chi connectivity index (χ2v) is 4.79. The molecule has 0 aromatic rings. The molecule has 0 atom stereocenters. The summed E-state index contributed by atoms with van der Waals surface area (Å²) < 4.78 is 0. The van der Waals surface area contributed by atoms with Crippen LogP contribution in [-0.4, -0.2) is 0 Å². The Balaban J connectivity index is -0.000000141. The van der Waals surface area contributed by atoms with Crippen LogP contribution in [0.5, 0.6) is 0 Å². The highest BCUT2D eigenvalue weighted by molar-refractivity contribution is 5.27. The van der Waals surface area contributed by atoms with Crippen molar-refractivity contribution in [2.45, 2.75) is 41.5 Å². The van der Waals surface area contributed by atoms with E-state index < -0.39 is 0 Å². The van der Waals surface area contributed by atoms with Gasteiger partial charge >= 0.3 is 0 Å². The zero-order valence-electron chi connectivity index (χ0n) is 10.3. The van der Waals surface area contributed by atoms with Crippen molar-refractivity contribution in [2.24, 2.45) is 23.2 Å². The topological polar surface area (TPSA) is 0 Å². The molecule has 0 saturated heterocycles. The molecule has 0 rings (SSSR count). The Labute approximate surface area is 95.4 Å². The third-order valence-electron chi connectivity index (χ3n) is 3.22. The van der Waals surface area contributed by atoms with Gasteiger partial charge in [-0.25, -0.2) is 0 Å². The molecule has 0 unspecified atom stereocenters. The monoisotopic (exact) mass is 198 g/mol. The molecule has 86 valence electrons. The predicted octanol–water partition coefficient (Wildman–Crippen LogP) is 4.56. The van der Waals surface area contributed by atoms with Gasteiger partial charge in [0.25, 0.3) is 0 Å². The van der Waals surface area contributed by atoms with Gasteiger partial charge in [0.15, 0.2) is 0 Å². The summed E-state index contributed by atoms with van der Waals surface area (Å²) in [5.74, 6) is 10.1. The molecule has 0 heterocycles. The fourth-order valence-electron chi connectivity index (χ4n) is 2.58. The van der Waals surface area contributed by atoms with E-state index in [1.165, 1.54) is 0 Å². The Morgan fingerprint density at radius 3 is 1.50 bits per heavy atom. The molecule has 0 aromatic carbocycles. The van der Waals surface area contributed by atoms with Gasteiger partial charge in [0.1, 0.15) is 0 Å². The first kappa shape index (κ1) is 13.1. The molecule has 0 nitrogen and oxygen atoms in total. The molecule has 0 aliphatic rings. The summed E-state index contributed by atoms with van der Waals surface area (Å²) in [5, 5.41) is 0. The maximum absolute atomic E-state index is 5.21. The van der Waals surface area contributed by atoms with E-state index in [1.54, 1.807) is 0 Å². The summed E-state index contributed by atoms with van der Waals surface area (Å²) in [6, 6.07) is 0. The summed E-state index contributed by atoms with van der Waals surface area (Å²) in [6.45, 7) is 13.4. The van der Waals surface area contributed by atoms with Crippen molar-refractivity contribution in [3.05, 3.63) is 0 Å². The highest BCUT2D eigenvalue weighted by atomic mass is 14.4. The molecule has 0 spiro atoms. The molecule has 0 N–H and O–H groups in total. The zero-order chi connectivity index (χ0) is 11.4. The lowest BCUT2D eigenvalue weighted by atomic mass is 9.63. The van der Waals surface area contributed by atoms with E-state index in [9.17, 15) is 0 Å². The van der Waals surface area contributed by atoms with Crippen molar-refractivity contribution in [3.8, 4) is 24.2 Å². The number of terminal acetylenes is 1. The second kappa shape index (κ2) is 5.11. The molecular formula is C14H30. The first-order valence-electron chi connectivity index (χ1n) is 5.37. The lowest BCUT2D eigenvalue weighted by Gasteiger charge is -2.40. The Kier molecular flexibility index (Phi) is 4.79. The fourth-order valence-corrected chi connectivity index (χ4v) is 2.58. The van der Waals surface area contributed by atoms with Gasteiger partial charge in [-0.1, -0.05) is 47.5 Å². The molecular weight excluding hydrogens is 168 g/mol. The van der Waals surface area contributed by atoms with Gasteiger partial charge in [-0.3, -0.25) is 0 Å². The van der Waals surface area contributed by atoms with Crippen LogP contribution in [0.4, 0.5) is 0 Å². The Bertz CT molecular complexity index is 255. The quantitative estimate of drug-likeness (QED) is 0.583. The van der Waals surface area contributed by atoms with Gasteiger partial charge in [-0.15, -0.1) is 6.42 Å². The normalized spacial score (nSPS) is 11.4. The largest absolute Gasteiger partial charge is 0.106 e. The van der Waals surface area contributed by atoms with Crippen LogP contribution in [0.15, 0.2) is 0 Å². The van der Waals surface area contributed by atoms with E-state index in [0.29, 0.717) is 17.8 Å². The minimum atomic E-state index is 0. The maximum Gasteiger partial charge on any atom is 0.0393 e. The van der Waals surface area contributed by atoms with Gasteiger partial charge < -0.3 is 0 Å². The van der Waals surface area contributed by atoms with Crippen molar-refractivity contribution in [1.82, 2.24) is 0 Å². The van der Waals surface area contributed by atoms with Gasteiger partial charge in [0.2, 0.25) is 0 Å². The molecule has 0 amide bonds. The Morgan fingerprint density at radius 2 is 1.29 bits per heavy atom. The highest BCUT2D eigenvalue weighted by Crippen LogP contribution is 2.42. The molecule has 0 radical (unpaired) electrons. The SMILES string of the molecule is C#CC#CC(C(C)C)(C(C)C)C(C)C.[HH].[HH].[HH].[HH]. The average molecular weight is 198 g/mol. The van der Waals surface area contributed by atoms with Crippen molar-refractivity contribution in [1.29, 1.82) is 0 Å². The van der Waals surface area contributed by atoms with E-state index in [2.05, 4.69) is 59.3 Å². The molecule has 0 bridgehead atoms. The standard InChI is InChI=1S/C14H22.4H2/c1-8-9-10-14(11(2)3,12(4)5)13(6)7;;;;/h1,11-13H,2-7H3;4*1H. The summed E-state index contributed by atoms with van der Waals surface area (Å²) in [6.07, 6.45) is 5.21. The van der Waals surface area contributed by atoms with Crippen LogP contribution >= 0.6 is 0 Å². The first-order chi connectivity index (χ1) is 6.39. The molecule has 0 aliphatic carbocycles. The molecule has 0 aliphatic heterocycles. The van der Waals surface area contributed by atoms with Crippen LogP contribution in [-0.2, 0) is 0 Å².